The van der Waals surface area contributed by atoms with Gasteiger partial charge in [0.05, 0.1) is 23.7 Å². The first kappa shape index (κ1) is 28.6. The Balaban J connectivity index is 2.13. The van der Waals surface area contributed by atoms with E-state index in [-0.39, 0.29) is 25.4 Å². The van der Waals surface area contributed by atoms with E-state index in [1.807, 2.05) is 0 Å². The largest absolute Gasteiger partial charge is 0.492 e. The first-order valence-corrected chi connectivity index (χ1v) is 10.7. The molecule has 12 heteroatoms. The summed E-state index contributed by atoms with van der Waals surface area (Å²) in [7, 11) is 0. The third-order valence-electron chi connectivity index (χ3n) is 5.10. The van der Waals surface area contributed by atoms with Crippen molar-refractivity contribution in [1.29, 1.82) is 5.26 Å². The molecule has 0 atom stereocenters. The molecule has 0 heterocycles. The summed E-state index contributed by atoms with van der Waals surface area (Å²) in [5, 5.41) is 18.3. The van der Waals surface area contributed by atoms with Gasteiger partial charge in [-0.25, -0.2) is 4.79 Å². The first-order valence-electron chi connectivity index (χ1n) is 10.7. The monoisotopic (exact) mass is 517 g/mol. The second-order valence-electron chi connectivity index (χ2n) is 8.91. The summed E-state index contributed by atoms with van der Waals surface area (Å²) in [4.78, 5) is 13.4. The second-order valence-corrected chi connectivity index (χ2v) is 8.91. The van der Waals surface area contributed by atoms with Crippen LogP contribution in [0.2, 0.25) is 0 Å². The molecule has 36 heavy (non-hydrogen) atoms. The van der Waals surface area contributed by atoms with E-state index in [4.69, 9.17) is 10.00 Å². The molecule has 6 nitrogen and oxygen atoms in total. The van der Waals surface area contributed by atoms with Gasteiger partial charge in [-0.05, 0) is 56.7 Å². The van der Waals surface area contributed by atoms with Gasteiger partial charge in [0.2, 0.25) is 0 Å². The highest BCUT2D eigenvalue weighted by Gasteiger charge is 2.36. The zero-order valence-corrected chi connectivity index (χ0v) is 19.7. The van der Waals surface area contributed by atoms with Crippen LogP contribution in [0.15, 0.2) is 42.5 Å². The Kier molecular flexibility index (Phi) is 8.72. The second kappa shape index (κ2) is 11.0. The Morgan fingerprint density at radius 3 is 2.11 bits per heavy atom. The van der Waals surface area contributed by atoms with E-state index in [9.17, 15) is 36.2 Å². The number of amides is 1. The van der Waals surface area contributed by atoms with E-state index in [1.165, 1.54) is 23.1 Å². The Hall–Kier alpha value is -3.62. The predicted molar refractivity (Wildman–Crippen MR) is 120 cm³/mol. The van der Waals surface area contributed by atoms with Gasteiger partial charge in [-0.1, -0.05) is 12.1 Å². The van der Waals surface area contributed by atoms with Crippen LogP contribution in [0.25, 0.3) is 0 Å². The molecule has 2 aromatic carbocycles. The highest BCUT2D eigenvalue weighted by atomic mass is 19.4. The van der Waals surface area contributed by atoms with Crippen molar-refractivity contribution in [2.75, 3.05) is 24.6 Å². The van der Waals surface area contributed by atoms with E-state index in [2.05, 4.69) is 0 Å². The Bertz CT molecular complexity index is 1090. The quantitative estimate of drug-likeness (QED) is 0.416. The van der Waals surface area contributed by atoms with Gasteiger partial charge in [0, 0.05) is 17.8 Å². The molecule has 0 radical (unpaired) electrons. The molecule has 196 valence electrons. The lowest BCUT2D eigenvalue weighted by molar-refractivity contribution is -0.137. The molecule has 1 N–H and O–H groups in total. The van der Waals surface area contributed by atoms with Crippen LogP contribution in [0, 0.1) is 11.3 Å². The molecule has 0 fully saturated rings. The lowest BCUT2D eigenvalue weighted by atomic mass is 10.1. The van der Waals surface area contributed by atoms with Crippen molar-refractivity contribution in [1.82, 2.24) is 4.90 Å². The third kappa shape index (κ3) is 8.25. The minimum Gasteiger partial charge on any atom is -0.492 e. The number of carbonyl (C=O) groups is 1. The van der Waals surface area contributed by atoms with Crippen molar-refractivity contribution in [2.24, 2.45) is 0 Å². The van der Waals surface area contributed by atoms with E-state index in [0.29, 0.717) is 22.3 Å². The van der Waals surface area contributed by atoms with E-state index in [1.54, 1.807) is 32.9 Å². The summed E-state index contributed by atoms with van der Waals surface area (Å²) in [5.74, 6) is 0.291. The van der Waals surface area contributed by atoms with Crippen molar-refractivity contribution < 1.29 is 41.0 Å². The van der Waals surface area contributed by atoms with Crippen LogP contribution >= 0.6 is 0 Å². The number of hydrogen-bond acceptors (Lipinski definition) is 4. The van der Waals surface area contributed by atoms with E-state index < -0.39 is 41.7 Å². The summed E-state index contributed by atoms with van der Waals surface area (Å²) < 4.78 is 84.6. The summed E-state index contributed by atoms with van der Waals surface area (Å²) in [5.41, 5.74) is -2.34. The SMILES string of the molecule is CC(C)(C)N(Cc1ccc(OCCN(CC(F)(F)F)c2ccc(C#N)c(C(F)(F)F)c2)cc1)C(=O)O. The van der Waals surface area contributed by atoms with Crippen LogP contribution in [-0.4, -0.2) is 47.5 Å². The van der Waals surface area contributed by atoms with Gasteiger partial charge >= 0.3 is 18.4 Å². The summed E-state index contributed by atoms with van der Waals surface area (Å²) in [6.45, 7) is 3.17. The molecule has 0 spiro atoms. The zero-order valence-electron chi connectivity index (χ0n) is 19.7. The number of hydrogen-bond donors (Lipinski definition) is 1. The fourth-order valence-corrected chi connectivity index (χ4v) is 3.32. The number of ether oxygens (including phenoxy) is 1. The predicted octanol–water partition coefficient (Wildman–Crippen LogP) is 6.30. The van der Waals surface area contributed by atoms with Crippen LogP contribution in [-0.2, 0) is 12.7 Å². The Morgan fingerprint density at radius 2 is 1.64 bits per heavy atom. The molecule has 0 saturated heterocycles. The van der Waals surface area contributed by atoms with Gasteiger partial charge < -0.3 is 14.7 Å². The van der Waals surface area contributed by atoms with Gasteiger partial charge in [0.25, 0.3) is 0 Å². The normalized spacial score (nSPS) is 12.1. The molecule has 0 bridgehead atoms. The number of halogens is 6. The summed E-state index contributed by atoms with van der Waals surface area (Å²) >= 11 is 0. The average molecular weight is 517 g/mol. The third-order valence-corrected chi connectivity index (χ3v) is 5.10. The lowest BCUT2D eigenvalue weighted by Crippen LogP contribution is -2.44. The average Bonchev–Trinajstić information content (AvgIpc) is 2.74. The van der Waals surface area contributed by atoms with Crippen LogP contribution in [0.4, 0.5) is 36.8 Å². The van der Waals surface area contributed by atoms with Crippen molar-refractivity contribution in [3.63, 3.8) is 0 Å². The molecule has 0 aliphatic heterocycles. The molecule has 0 unspecified atom stereocenters. The fourth-order valence-electron chi connectivity index (χ4n) is 3.32. The molecule has 0 aliphatic carbocycles. The summed E-state index contributed by atoms with van der Waals surface area (Å²) in [6, 6.07) is 10.0. The maximum absolute atomic E-state index is 13.3. The van der Waals surface area contributed by atoms with Crippen LogP contribution in [0.5, 0.6) is 5.75 Å². The van der Waals surface area contributed by atoms with Gasteiger partial charge in [-0.3, -0.25) is 4.90 Å². The molecule has 2 aromatic rings. The van der Waals surface area contributed by atoms with Gasteiger partial charge in [-0.2, -0.15) is 31.6 Å². The smallest absolute Gasteiger partial charge is 0.417 e. The van der Waals surface area contributed by atoms with Gasteiger partial charge in [0.15, 0.2) is 0 Å². The van der Waals surface area contributed by atoms with Crippen molar-refractivity contribution in [3.05, 3.63) is 59.2 Å². The molecule has 0 saturated carbocycles. The van der Waals surface area contributed by atoms with Crippen molar-refractivity contribution in [3.8, 4) is 11.8 Å². The minimum absolute atomic E-state index is 0.110. The van der Waals surface area contributed by atoms with Crippen LogP contribution in [0.1, 0.15) is 37.5 Å². The molecular formula is C24H25F6N3O3. The highest BCUT2D eigenvalue weighted by Crippen LogP contribution is 2.35. The molecule has 1 amide bonds. The minimum atomic E-state index is -4.91. The van der Waals surface area contributed by atoms with Crippen LogP contribution < -0.4 is 9.64 Å². The number of carboxylic acid groups (broad SMARTS) is 1. The molecule has 0 aliphatic rings. The number of nitrogens with zero attached hydrogens (tertiary/aromatic N) is 3. The molecule has 2 rings (SSSR count). The maximum atomic E-state index is 13.3. The summed E-state index contributed by atoms with van der Waals surface area (Å²) in [6.07, 6.45) is -10.7. The number of anilines is 1. The molecule has 0 aromatic heterocycles. The maximum Gasteiger partial charge on any atom is 0.417 e. The lowest BCUT2D eigenvalue weighted by Gasteiger charge is -2.33. The number of rotatable bonds is 8. The Morgan fingerprint density at radius 1 is 1.03 bits per heavy atom. The topological polar surface area (TPSA) is 76.8 Å². The number of alkyl halides is 6. The number of benzene rings is 2. The molecular weight excluding hydrogens is 492 g/mol. The van der Waals surface area contributed by atoms with Crippen LogP contribution in [0.3, 0.4) is 0 Å². The van der Waals surface area contributed by atoms with Gasteiger partial charge in [0.1, 0.15) is 18.9 Å². The zero-order chi connectivity index (χ0) is 27.3. The van der Waals surface area contributed by atoms with Gasteiger partial charge in [-0.15, -0.1) is 0 Å². The first-order chi connectivity index (χ1) is 16.5. The Labute approximate surface area is 204 Å². The van der Waals surface area contributed by atoms with E-state index in [0.717, 1.165) is 12.1 Å². The van der Waals surface area contributed by atoms with Crippen molar-refractivity contribution >= 4 is 11.8 Å². The van der Waals surface area contributed by atoms with E-state index >= 15 is 0 Å². The highest BCUT2D eigenvalue weighted by molar-refractivity contribution is 5.66. The number of nitriles is 1. The van der Waals surface area contributed by atoms with Crippen molar-refractivity contribution in [2.45, 2.75) is 45.2 Å². The standard InChI is InChI=1S/C24H25F6N3O3/c1-22(2,3)33(21(34)35)14-16-4-8-19(9-5-16)36-11-10-32(15-23(25,26)27)18-7-6-17(13-31)20(12-18)24(28,29)30/h4-9,12H,10-11,14-15H2,1-3H3,(H,34,35). The fraction of sp³-hybridized carbons (Fsp3) is 0.417.